The summed E-state index contributed by atoms with van der Waals surface area (Å²) in [5.41, 5.74) is 10.1. The minimum absolute atomic E-state index is 0.00952. The van der Waals surface area contributed by atoms with Crippen molar-refractivity contribution in [3.8, 4) is 11.5 Å². The van der Waals surface area contributed by atoms with Crippen molar-refractivity contribution in [2.75, 3.05) is 31.1 Å². The third-order valence-electron chi connectivity index (χ3n) is 7.51. The van der Waals surface area contributed by atoms with Crippen molar-refractivity contribution in [2.45, 2.75) is 39.3 Å². The summed E-state index contributed by atoms with van der Waals surface area (Å²) in [6, 6.07) is 10.8. The van der Waals surface area contributed by atoms with Crippen LogP contribution >= 0.6 is 0 Å². The lowest BCUT2D eigenvalue weighted by atomic mass is 10.0. The van der Waals surface area contributed by atoms with Crippen LogP contribution in [0.15, 0.2) is 42.7 Å². The van der Waals surface area contributed by atoms with E-state index >= 15 is 0 Å². The molecule has 1 aliphatic rings. The minimum Gasteiger partial charge on any atom is -0.497 e. The number of hydrogen-bond acceptors (Lipinski definition) is 7. The zero-order chi connectivity index (χ0) is 28.6. The maximum absolute atomic E-state index is 14.9. The van der Waals surface area contributed by atoms with Gasteiger partial charge in [0.2, 0.25) is 5.91 Å². The molecule has 210 valence electrons. The van der Waals surface area contributed by atoms with E-state index in [1.807, 2.05) is 54.8 Å². The Bertz CT molecular complexity index is 1570. The molecule has 0 aliphatic heterocycles. The molecule has 1 aliphatic carbocycles. The Balaban J connectivity index is 1.65. The molecule has 0 unspecified atom stereocenters. The zero-order valence-electron chi connectivity index (χ0n) is 23.6. The second kappa shape index (κ2) is 11.1. The van der Waals surface area contributed by atoms with E-state index in [9.17, 15) is 9.18 Å². The number of methoxy groups -OCH3 is 2. The molecule has 0 bridgehead atoms. The number of nitrogens with two attached hydrogens (primary N) is 1. The van der Waals surface area contributed by atoms with Gasteiger partial charge in [-0.3, -0.25) is 9.69 Å². The molecule has 1 saturated carbocycles. The first-order valence-corrected chi connectivity index (χ1v) is 13.4. The van der Waals surface area contributed by atoms with Gasteiger partial charge in [0.25, 0.3) is 0 Å². The second-order valence-electron chi connectivity index (χ2n) is 10.1. The van der Waals surface area contributed by atoms with Crippen molar-refractivity contribution in [3.05, 3.63) is 65.2 Å². The number of pyridine rings is 1. The summed E-state index contributed by atoms with van der Waals surface area (Å²) in [6.07, 6.45) is 4.08. The van der Waals surface area contributed by atoms with Gasteiger partial charge in [0.15, 0.2) is 5.82 Å². The lowest BCUT2D eigenvalue weighted by Crippen LogP contribution is -2.33. The first-order chi connectivity index (χ1) is 19.3. The summed E-state index contributed by atoms with van der Waals surface area (Å²) in [4.78, 5) is 26.9. The molecule has 1 amide bonds. The van der Waals surface area contributed by atoms with Gasteiger partial charge in [0.05, 0.1) is 32.6 Å². The number of hydrogen-bond donors (Lipinski definition) is 1. The van der Waals surface area contributed by atoms with Crippen LogP contribution in [-0.2, 0) is 31.4 Å². The van der Waals surface area contributed by atoms with Crippen molar-refractivity contribution in [3.63, 3.8) is 0 Å². The van der Waals surface area contributed by atoms with Crippen LogP contribution in [0.3, 0.4) is 0 Å². The van der Waals surface area contributed by atoms with Gasteiger partial charge in [-0.15, -0.1) is 0 Å². The van der Waals surface area contributed by atoms with Gasteiger partial charge in [-0.05, 0) is 49.1 Å². The highest BCUT2D eigenvalue weighted by molar-refractivity contribution is 6.02. The first kappa shape index (κ1) is 27.4. The summed E-state index contributed by atoms with van der Waals surface area (Å²) in [5.74, 6) is 1.86. The fourth-order valence-electron chi connectivity index (χ4n) is 4.95. The first-order valence-electron chi connectivity index (χ1n) is 13.4. The normalized spacial score (nSPS) is 13.0. The average molecular weight is 547 g/mol. The third kappa shape index (κ3) is 5.06. The van der Waals surface area contributed by atoms with Crippen LogP contribution in [0.1, 0.15) is 36.5 Å². The van der Waals surface area contributed by atoms with Gasteiger partial charge < -0.3 is 24.7 Å². The molecule has 10 heteroatoms. The highest BCUT2D eigenvalue weighted by Crippen LogP contribution is 2.38. The maximum Gasteiger partial charge on any atom is 0.231 e. The molecule has 0 saturated heterocycles. The molecule has 0 spiro atoms. The number of aryl methyl sites for hydroxylation is 2. The highest BCUT2D eigenvalue weighted by atomic mass is 19.1. The van der Waals surface area contributed by atoms with Crippen LogP contribution in [0.4, 0.5) is 21.7 Å². The Labute approximate surface area is 233 Å². The van der Waals surface area contributed by atoms with Crippen LogP contribution in [-0.4, -0.2) is 41.7 Å². The molecule has 2 aromatic carbocycles. The van der Waals surface area contributed by atoms with Crippen LogP contribution < -0.4 is 25.0 Å². The van der Waals surface area contributed by atoms with E-state index in [1.54, 1.807) is 31.5 Å². The second-order valence-corrected chi connectivity index (χ2v) is 10.1. The van der Waals surface area contributed by atoms with Crippen LogP contribution in [0.25, 0.3) is 11.0 Å². The molecular formula is C30H35FN6O3. The zero-order valence-corrected chi connectivity index (χ0v) is 23.6. The van der Waals surface area contributed by atoms with Crippen molar-refractivity contribution >= 4 is 34.3 Å². The fourth-order valence-corrected chi connectivity index (χ4v) is 4.95. The summed E-state index contributed by atoms with van der Waals surface area (Å²) in [5, 5.41) is 0. The largest absolute Gasteiger partial charge is 0.497 e. The Morgan fingerprint density at radius 3 is 2.55 bits per heavy atom. The predicted octanol–water partition coefficient (Wildman–Crippen LogP) is 4.86. The Morgan fingerprint density at radius 1 is 1.12 bits per heavy atom. The summed E-state index contributed by atoms with van der Waals surface area (Å²) < 4.78 is 27.8. The number of carbonyl (C=O) groups is 1. The van der Waals surface area contributed by atoms with Crippen LogP contribution in [0.2, 0.25) is 0 Å². The third-order valence-corrected chi connectivity index (χ3v) is 7.51. The SMILES string of the molecule is CCc1cc(CN)c(F)cc1N(C)c1cc2c(ncn2C)c(N(Cc2ccc(OC)cc2OC)C(=O)C2CC2)n1. The molecule has 2 heterocycles. The maximum atomic E-state index is 14.9. The number of halogens is 1. The Kier molecular flexibility index (Phi) is 7.62. The number of ether oxygens (including phenoxy) is 2. The van der Waals surface area contributed by atoms with Gasteiger partial charge in [-0.1, -0.05) is 6.92 Å². The number of carbonyl (C=O) groups excluding carboxylic acids is 1. The highest BCUT2D eigenvalue weighted by Gasteiger charge is 2.36. The van der Waals surface area contributed by atoms with E-state index in [0.29, 0.717) is 46.3 Å². The van der Waals surface area contributed by atoms with E-state index in [4.69, 9.17) is 20.2 Å². The summed E-state index contributed by atoms with van der Waals surface area (Å²) in [7, 11) is 6.94. The lowest BCUT2D eigenvalue weighted by Gasteiger charge is -2.27. The van der Waals surface area contributed by atoms with Crippen molar-refractivity contribution in [1.29, 1.82) is 0 Å². The average Bonchev–Trinajstić information content (AvgIpc) is 3.77. The summed E-state index contributed by atoms with van der Waals surface area (Å²) in [6.45, 7) is 2.39. The fraction of sp³-hybridized carbons (Fsp3) is 0.367. The number of anilines is 3. The molecule has 9 nitrogen and oxygen atoms in total. The van der Waals surface area contributed by atoms with E-state index in [1.165, 1.54) is 6.07 Å². The monoisotopic (exact) mass is 546 g/mol. The van der Waals surface area contributed by atoms with Crippen molar-refractivity contribution in [2.24, 2.45) is 18.7 Å². The van der Waals surface area contributed by atoms with Gasteiger partial charge >= 0.3 is 0 Å². The standard InChI is InChI=1S/C30H35FN6O3/c1-6-18-11-21(15-32)23(31)13-24(18)36(3)27-14-25-28(33-17-35(25)2)29(34-27)37(30(38)19-7-8-19)16-20-9-10-22(39-4)12-26(20)40-5/h9-14,17,19H,6-8,15-16,32H2,1-5H3. The molecule has 4 aromatic rings. The molecule has 1 fully saturated rings. The number of benzene rings is 2. The quantitative estimate of drug-likeness (QED) is 0.303. The van der Waals surface area contributed by atoms with E-state index in [2.05, 4.69) is 4.98 Å². The molecule has 2 N–H and O–H groups in total. The van der Waals surface area contributed by atoms with Crippen molar-refractivity contribution in [1.82, 2.24) is 14.5 Å². The topological polar surface area (TPSA) is 98.7 Å². The molecule has 2 aromatic heterocycles. The molecule has 0 atom stereocenters. The van der Waals surface area contributed by atoms with E-state index in [0.717, 1.165) is 29.5 Å². The van der Waals surface area contributed by atoms with E-state index in [-0.39, 0.29) is 30.7 Å². The molecule has 40 heavy (non-hydrogen) atoms. The van der Waals surface area contributed by atoms with E-state index < -0.39 is 0 Å². The number of nitrogens with zero attached hydrogens (tertiary/aromatic N) is 5. The smallest absolute Gasteiger partial charge is 0.231 e. The number of aromatic nitrogens is 3. The Hall–Kier alpha value is -4.18. The number of rotatable bonds is 10. The molecule has 0 radical (unpaired) electrons. The van der Waals surface area contributed by atoms with Crippen LogP contribution in [0, 0.1) is 11.7 Å². The predicted molar refractivity (Wildman–Crippen MR) is 154 cm³/mol. The van der Waals surface area contributed by atoms with Gasteiger partial charge in [-0.25, -0.2) is 14.4 Å². The Morgan fingerprint density at radius 2 is 1.90 bits per heavy atom. The van der Waals surface area contributed by atoms with Gasteiger partial charge in [-0.2, -0.15) is 0 Å². The number of fused-ring (bicyclic) bond motifs is 1. The molecule has 5 rings (SSSR count). The number of amides is 1. The minimum atomic E-state index is -0.361. The molecular weight excluding hydrogens is 511 g/mol. The van der Waals surface area contributed by atoms with Gasteiger partial charge in [0.1, 0.15) is 28.7 Å². The van der Waals surface area contributed by atoms with Gasteiger partial charge in [0, 0.05) is 55.5 Å². The van der Waals surface area contributed by atoms with Crippen LogP contribution in [0.5, 0.6) is 11.5 Å². The lowest BCUT2D eigenvalue weighted by molar-refractivity contribution is -0.119. The summed E-state index contributed by atoms with van der Waals surface area (Å²) >= 11 is 0. The number of imidazole rings is 1. The van der Waals surface area contributed by atoms with Crippen molar-refractivity contribution < 1.29 is 18.7 Å².